The number of benzene rings is 2. The van der Waals surface area contributed by atoms with Gasteiger partial charge in [0.25, 0.3) is 0 Å². The Morgan fingerprint density at radius 1 is 0.957 bits per heavy atom. The van der Waals surface area contributed by atoms with Gasteiger partial charge in [-0.15, -0.1) is 0 Å². The third-order valence-corrected chi connectivity index (χ3v) is 3.50. The molecule has 2 aromatic carbocycles. The maximum absolute atomic E-state index is 12.2. The third-order valence-electron chi connectivity index (χ3n) is 3.50. The fourth-order valence-corrected chi connectivity index (χ4v) is 2.52. The average molecular weight is 316 g/mol. The van der Waals surface area contributed by atoms with Crippen LogP contribution in [0.5, 0.6) is 11.5 Å². The van der Waals surface area contributed by atoms with Crippen molar-refractivity contribution in [1.29, 1.82) is 0 Å². The smallest absolute Gasteiger partial charge is 0.342 e. The van der Waals surface area contributed by atoms with Crippen LogP contribution in [0.15, 0.2) is 36.4 Å². The summed E-state index contributed by atoms with van der Waals surface area (Å²) in [5, 5.41) is 0. The van der Waals surface area contributed by atoms with E-state index in [1.165, 1.54) is 14.2 Å². The average Bonchev–Trinajstić information content (AvgIpc) is 2.60. The summed E-state index contributed by atoms with van der Waals surface area (Å²) in [4.78, 5) is 12.2. The number of ether oxygens (including phenoxy) is 4. The number of methoxy groups -OCH3 is 4. The van der Waals surface area contributed by atoms with E-state index >= 15 is 0 Å². The van der Waals surface area contributed by atoms with Crippen molar-refractivity contribution in [2.45, 2.75) is 6.61 Å². The summed E-state index contributed by atoms with van der Waals surface area (Å²) in [6.45, 7) is 0.255. The summed E-state index contributed by atoms with van der Waals surface area (Å²) >= 11 is 0. The maximum Gasteiger partial charge on any atom is 0.342 e. The molecule has 0 bridgehead atoms. The fraction of sp³-hybridized carbons (Fsp3) is 0.278. The topological polar surface area (TPSA) is 54.0 Å². The largest absolute Gasteiger partial charge is 0.492 e. The van der Waals surface area contributed by atoms with Crippen LogP contribution in [0.2, 0.25) is 0 Å². The van der Waals surface area contributed by atoms with Gasteiger partial charge in [-0.1, -0.05) is 30.3 Å². The molecule has 0 spiro atoms. The first-order chi connectivity index (χ1) is 11.2. The minimum Gasteiger partial charge on any atom is -0.492 e. The Labute approximate surface area is 135 Å². The van der Waals surface area contributed by atoms with Gasteiger partial charge in [-0.2, -0.15) is 0 Å². The highest BCUT2D eigenvalue weighted by molar-refractivity contribution is 5.97. The molecule has 0 N–H and O–H groups in total. The molecule has 2 rings (SSSR count). The van der Waals surface area contributed by atoms with E-state index in [4.69, 9.17) is 18.9 Å². The lowest BCUT2D eigenvalue weighted by molar-refractivity contribution is 0.0591. The van der Waals surface area contributed by atoms with Crippen LogP contribution in [-0.2, 0) is 16.1 Å². The predicted octanol–water partition coefficient (Wildman–Crippen LogP) is 3.30. The summed E-state index contributed by atoms with van der Waals surface area (Å²) in [5.41, 5.74) is 2.77. The van der Waals surface area contributed by atoms with Crippen LogP contribution in [0, 0.1) is 0 Å². The first kappa shape index (κ1) is 16.8. The Morgan fingerprint density at radius 2 is 1.61 bits per heavy atom. The summed E-state index contributed by atoms with van der Waals surface area (Å²) in [6.07, 6.45) is 0. The third kappa shape index (κ3) is 3.29. The minimum absolute atomic E-state index is 0.255. The molecule has 0 saturated carbocycles. The Kier molecular flexibility index (Phi) is 5.60. The van der Waals surface area contributed by atoms with Crippen molar-refractivity contribution >= 4 is 5.97 Å². The molecule has 0 fully saturated rings. The maximum atomic E-state index is 12.2. The lowest BCUT2D eigenvalue weighted by Crippen LogP contribution is -2.11. The number of hydrogen-bond donors (Lipinski definition) is 0. The van der Waals surface area contributed by atoms with Crippen LogP contribution in [0.4, 0.5) is 0 Å². The van der Waals surface area contributed by atoms with Crippen molar-refractivity contribution in [3.8, 4) is 22.6 Å². The van der Waals surface area contributed by atoms with Gasteiger partial charge in [-0.05, 0) is 17.2 Å². The van der Waals surface area contributed by atoms with Crippen molar-refractivity contribution in [3.05, 3.63) is 47.5 Å². The number of hydrogen-bond acceptors (Lipinski definition) is 5. The lowest BCUT2D eigenvalue weighted by Gasteiger charge is -2.19. The molecule has 5 heteroatoms. The van der Waals surface area contributed by atoms with E-state index in [1.54, 1.807) is 14.2 Å². The predicted molar refractivity (Wildman–Crippen MR) is 87.0 cm³/mol. The Balaban J connectivity index is 2.79. The summed E-state index contributed by atoms with van der Waals surface area (Å²) in [6, 6.07) is 11.6. The van der Waals surface area contributed by atoms with Gasteiger partial charge >= 0.3 is 5.97 Å². The molecule has 0 aliphatic carbocycles. The zero-order valence-corrected chi connectivity index (χ0v) is 13.7. The molecule has 0 heterocycles. The van der Waals surface area contributed by atoms with Crippen LogP contribution in [0.1, 0.15) is 15.9 Å². The fourth-order valence-electron chi connectivity index (χ4n) is 2.52. The Hall–Kier alpha value is -2.53. The summed E-state index contributed by atoms with van der Waals surface area (Å²) in [7, 11) is 5.94. The molecule has 0 unspecified atom stereocenters. The molecule has 5 nitrogen and oxygen atoms in total. The molecule has 0 amide bonds. The van der Waals surface area contributed by atoms with Gasteiger partial charge < -0.3 is 18.9 Å². The van der Waals surface area contributed by atoms with E-state index in [0.717, 1.165) is 11.1 Å². The van der Waals surface area contributed by atoms with Gasteiger partial charge in [0.15, 0.2) is 11.5 Å². The van der Waals surface area contributed by atoms with E-state index in [-0.39, 0.29) is 6.61 Å². The zero-order valence-electron chi connectivity index (χ0n) is 13.7. The highest BCUT2D eigenvalue weighted by Crippen LogP contribution is 2.43. The quantitative estimate of drug-likeness (QED) is 0.765. The molecule has 0 aliphatic heterocycles. The molecule has 2 aromatic rings. The Bertz CT molecular complexity index is 680. The molecule has 0 aliphatic rings. The van der Waals surface area contributed by atoms with Crippen molar-refractivity contribution < 1.29 is 23.7 Å². The minimum atomic E-state index is -0.494. The molecular formula is C18H20O5. The normalized spacial score (nSPS) is 10.3. The van der Waals surface area contributed by atoms with Crippen molar-refractivity contribution in [2.75, 3.05) is 28.4 Å². The van der Waals surface area contributed by atoms with Crippen LogP contribution in [0.25, 0.3) is 11.1 Å². The van der Waals surface area contributed by atoms with Gasteiger partial charge in [0.05, 0.1) is 27.9 Å². The molecule has 0 aromatic heterocycles. The Morgan fingerprint density at radius 3 is 2.13 bits per heavy atom. The van der Waals surface area contributed by atoms with E-state index < -0.39 is 5.97 Å². The molecule has 0 radical (unpaired) electrons. The highest BCUT2D eigenvalue weighted by atomic mass is 16.5. The second kappa shape index (κ2) is 7.65. The van der Waals surface area contributed by atoms with Crippen LogP contribution in [0.3, 0.4) is 0 Å². The highest BCUT2D eigenvalue weighted by Gasteiger charge is 2.25. The van der Waals surface area contributed by atoms with Crippen molar-refractivity contribution in [2.24, 2.45) is 0 Å². The molecule has 0 atom stereocenters. The monoisotopic (exact) mass is 316 g/mol. The van der Waals surface area contributed by atoms with Gasteiger partial charge in [-0.25, -0.2) is 4.79 Å². The lowest BCUT2D eigenvalue weighted by atomic mass is 9.96. The van der Waals surface area contributed by atoms with E-state index in [1.807, 2.05) is 36.4 Å². The number of esters is 1. The van der Waals surface area contributed by atoms with Crippen LogP contribution < -0.4 is 9.47 Å². The molecule has 23 heavy (non-hydrogen) atoms. The standard InChI is InChI=1S/C18H20O5/c1-20-11-13-10-14(12-8-6-5-7-9-12)16(21-2)17(22-3)15(13)18(19)23-4/h5-10H,11H2,1-4H3. The van der Waals surface area contributed by atoms with E-state index in [9.17, 15) is 4.79 Å². The second-order valence-electron chi connectivity index (χ2n) is 4.82. The van der Waals surface area contributed by atoms with Crippen molar-refractivity contribution in [3.63, 3.8) is 0 Å². The molecule has 122 valence electrons. The van der Waals surface area contributed by atoms with E-state index in [2.05, 4.69) is 0 Å². The van der Waals surface area contributed by atoms with Gasteiger partial charge in [-0.3, -0.25) is 0 Å². The van der Waals surface area contributed by atoms with E-state index in [0.29, 0.717) is 22.6 Å². The van der Waals surface area contributed by atoms with Gasteiger partial charge in [0, 0.05) is 12.7 Å². The second-order valence-corrected chi connectivity index (χ2v) is 4.82. The summed E-state index contributed by atoms with van der Waals surface area (Å²) < 4.78 is 21.1. The molecule has 0 saturated heterocycles. The van der Waals surface area contributed by atoms with Gasteiger partial charge in [0.1, 0.15) is 5.56 Å². The van der Waals surface area contributed by atoms with Crippen molar-refractivity contribution in [1.82, 2.24) is 0 Å². The zero-order chi connectivity index (χ0) is 16.8. The van der Waals surface area contributed by atoms with Crippen LogP contribution in [-0.4, -0.2) is 34.4 Å². The van der Waals surface area contributed by atoms with Crippen LogP contribution >= 0.6 is 0 Å². The first-order valence-electron chi connectivity index (χ1n) is 7.08. The first-order valence-corrected chi connectivity index (χ1v) is 7.08. The number of rotatable bonds is 6. The summed E-state index contributed by atoms with van der Waals surface area (Å²) in [5.74, 6) is 0.332. The number of carbonyl (C=O) groups excluding carboxylic acids is 1. The molecular weight excluding hydrogens is 296 g/mol. The number of carbonyl (C=O) groups is 1. The SMILES string of the molecule is COCc1cc(-c2ccccc2)c(OC)c(OC)c1C(=O)OC. The van der Waals surface area contributed by atoms with Gasteiger partial charge in [0.2, 0.25) is 0 Å².